The molecule has 0 radical (unpaired) electrons. The molecule has 0 heterocycles. The van der Waals surface area contributed by atoms with Gasteiger partial charge in [0.05, 0.1) is 8.07 Å². The Morgan fingerprint density at radius 3 is 2.50 bits per heavy atom. The maximum atomic E-state index is 9.90. The topological polar surface area (TPSA) is 20.2 Å². The lowest BCUT2D eigenvalue weighted by Gasteiger charge is -2.51. The van der Waals surface area contributed by atoms with Crippen molar-refractivity contribution < 1.29 is 5.11 Å². The van der Waals surface area contributed by atoms with E-state index in [1.165, 1.54) is 68.6 Å². The van der Waals surface area contributed by atoms with E-state index in [2.05, 4.69) is 33.8 Å². The van der Waals surface area contributed by atoms with Crippen LogP contribution in [0.1, 0.15) is 83.3 Å². The molecule has 0 saturated heterocycles. The summed E-state index contributed by atoms with van der Waals surface area (Å²) in [7, 11) is -0.985. The molecule has 3 aliphatic carbocycles. The minimum Gasteiger partial charge on any atom is -0.508 e. The van der Waals surface area contributed by atoms with E-state index in [4.69, 9.17) is 0 Å². The van der Waals surface area contributed by atoms with Gasteiger partial charge in [0.2, 0.25) is 0 Å². The van der Waals surface area contributed by atoms with Gasteiger partial charge in [-0.15, -0.1) is 0 Å². The van der Waals surface area contributed by atoms with Crippen molar-refractivity contribution in [3.8, 4) is 5.75 Å². The fraction of sp³-hybridized carbons (Fsp3) is 0.769. The molecule has 0 amide bonds. The summed E-state index contributed by atoms with van der Waals surface area (Å²) in [6.07, 6.45) is 9.84. The SMILES string of the molecule is CC[Si](CC)(CC)CC[C@H]1CC[C@H]2[C@@H]3CCc4cc(O)ccc4[C@H]3CC[C@]12C. The van der Waals surface area contributed by atoms with Crippen molar-refractivity contribution in [2.24, 2.45) is 23.2 Å². The summed E-state index contributed by atoms with van der Waals surface area (Å²) in [5.74, 6) is 4.03. The zero-order chi connectivity index (χ0) is 19.9. The summed E-state index contributed by atoms with van der Waals surface area (Å²) >= 11 is 0. The molecule has 0 bridgehead atoms. The number of phenolic OH excluding ortho intramolecular Hbond substituents is 1. The fourth-order valence-corrected chi connectivity index (χ4v) is 11.4. The lowest BCUT2D eigenvalue weighted by atomic mass is 9.54. The lowest BCUT2D eigenvalue weighted by Crippen LogP contribution is -2.42. The van der Waals surface area contributed by atoms with Gasteiger partial charge in [-0.3, -0.25) is 0 Å². The molecule has 1 nitrogen and oxygen atoms in total. The van der Waals surface area contributed by atoms with Gasteiger partial charge >= 0.3 is 0 Å². The van der Waals surface area contributed by atoms with Gasteiger partial charge in [0.15, 0.2) is 0 Å². The normalized spacial score (nSPS) is 34.6. The predicted octanol–water partition coefficient (Wildman–Crippen LogP) is 7.76. The largest absolute Gasteiger partial charge is 0.508 e. The van der Waals surface area contributed by atoms with E-state index in [0.717, 1.165) is 23.7 Å². The molecule has 1 aromatic carbocycles. The van der Waals surface area contributed by atoms with Crippen molar-refractivity contribution >= 4 is 8.07 Å². The molecule has 2 heteroatoms. The highest BCUT2D eigenvalue weighted by Crippen LogP contribution is 2.64. The third kappa shape index (κ3) is 3.28. The number of fused-ring (bicyclic) bond motifs is 5. The molecule has 1 aromatic rings. The Balaban J connectivity index is 1.50. The summed E-state index contributed by atoms with van der Waals surface area (Å²) < 4.78 is 0. The summed E-state index contributed by atoms with van der Waals surface area (Å²) in [5.41, 5.74) is 3.61. The van der Waals surface area contributed by atoms with Crippen LogP contribution in [0.25, 0.3) is 0 Å². The number of phenols is 1. The number of hydrogen-bond acceptors (Lipinski definition) is 1. The molecule has 0 aromatic heterocycles. The third-order valence-electron chi connectivity index (χ3n) is 10.2. The highest BCUT2D eigenvalue weighted by atomic mass is 28.3. The number of hydrogen-bond donors (Lipinski definition) is 1. The van der Waals surface area contributed by atoms with E-state index >= 15 is 0 Å². The van der Waals surface area contributed by atoms with Crippen LogP contribution in [0.4, 0.5) is 0 Å². The zero-order valence-electron chi connectivity index (χ0n) is 18.8. The first kappa shape index (κ1) is 20.5. The molecule has 1 N–H and O–H groups in total. The average Bonchev–Trinajstić information content (AvgIpc) is 3.05. The summed E-state index contributed by atoms with van der Waals surface area (Å²) in [5, 5.41) is 9.90. The van der Waals surface area contributed by atoms with Crippen LogP contribution < -0.4 is 0 Å². The minimum absolute atomic E-state index is 0.453. The van der Waals surface area contributed by atoms with Gasteiger partial charge in [-0.25, -0.2) is 0 Å². The van der Waals surface area contributed by atoms with Crippen LogP contribution >= 0.6 is 0 Å². The van der Waals surface area contributed by atoms with E-state index in [1.54, 1.807) is 11.6 Å². The Kier molecular flexibility index (Phi) is 5.72. The van der Waals surface area contributed by atoms with E-state index in [0.29, 0.717) is 11.2 Å². The van der Waals surface area contributed by atoms with Crippen LogP contribution in [0.2, 0.25) is 24.2 Å². The molecule has 28 heavy (non-hydrogen) atoms. The lowest BCUT2D eigenvalue weighted by molar-refractivity contribution is 0.0272. The highest BCUT2D eigenvalue weighted by Gasteiger charge is 2.54. The Morgan fingerprint density at radius 2 is 1.79 bits per heavy atom. The molecule has 0 aliphatic heterocycles. The van der Waals surface area contributed by atoms with Crippen molar-refractivity contribution in [1.82, 2.24) is 0 Å². The van der Waals surface area contributed by atoms with Crippen LogP contribution in [0.3, 0.4) is 0 Å². The van der Waals surface area contributed by atoms with Gasteiger partial charge in [0.25, 0.3) is 0 Å². The van der Waals surface area contributed by atoms with Crippen LogP contribution in [0.15, 0.2) is 18.2 Å². The second-order valence-corrected chi connectivity index (χ2v) is 16.3. The molecule has 4 rings (SSSR count). The molecule has 2 fully saturated rings. The van der Waals surface area contributed by atoms with E-state index < -0.39 is 8.07 Å². The number of rotatable bonds is 6. The van der Waals surface area contributed by atoms with Crippen LogP contribution in [0, 0.1) is 23.2 Å². The Morgan fingerprint density at radius 1 is 1.04 bits per heavy atom. The third-order valence-corrected chi connectivity index (χ3v) is 16.0. The van der Waals surface area contributed by atoms with Crippen molar-refractivity contribution in [1.29, 1.82) is 0 Å². The maximum Gasteiger partial charge on any atom is 0.115 e. The quantitative estimate of drug-likeness (QED) is 0.485. The van der Waals surface area contributed by atoms with Gasteiger partial charge in [-0.05, 0) is 90.9 Å². The molecule has 156 valence electrons. The smallest absolute Gasteiger partial charge is 0.115 e. The molecule has 0 unspecified atom stereocenters. The van der Waals surface area contributed by atoms with Crippen LogP contribution in [0.5, 0.6) is 5.75 Å². The van der Waals surface area contributed by atoms with Gasteiger partial charge < -0.3 is 5.11 Å². The zero-order valence-corrected chi connectivity index (χ0v) is 19.8. The number of aromatic hydroxyl groups is 1. The summed E-state index contributed by atoms with van der Waals surface area (Å²) in [4.78, 5) is 0. The van der Waals surface area contributed by atoms with Gasteiger partial charge in [-0.2, -0.15) is 0 Å². The fourth-order valence-electron chi connectivity index (χ4n) is 7.91. The van der Waals surface area contributed by atoms with Crippen molar-refractivity contribution in [3.63, 3.8) is 0 Å². The van der Waals surface area contributed by atoms with Gasteiger partial charge in [-0.1, -0.05) is 64.4 Å². The highest BCUT2D eigenvalue weighted by molar-refractivity contribution is 6.79. The van der Waals surface area contributed by atoms with E-state index in [1.807, 2.05) is 12.1 Å². The average molecular weight is 399 g/mol. The van der Waals surface area contributed by atoms with Crippen molar-refractivity contribution in [2.45, 2.75) is 103 Å². The maximum absolute atomic E-state index is 9.90. The minimum atomic E-state index is -0.985. The number of aryl methyl sites for hydroxylation is 1. The molecule has 5 atom stereocenters. The molecule has 2 saturated carbocycles. The molecular weight excluding hydrogens is 356 g/mol. The first-order valence-corrected chi connectivity index (χ1v) is 15.1. The summed E-state index contributed by atoms with van der Waals surface area (Å²) in [6, 6.07) is 12.3. The predicted molar refractivity (Wildman–Crippen MR) is 123 cm³/mol. The Bertz CT molecular complexity index is 685. The van der Waals surface area contributed by atoms with E-state index in [9.17, 15) is 5.11 Å². The summed E-state index contributed by atoms with van der Waals surface area (Å²) in [6.45, 7) is 10.1. The van der Waals surface area contributed by atoms with E-state index in [-0.39, 0.29) is 0 Å². The first-order valence-electron chi connectivity index (χ1n) is 12.3. The Hall–Kier alpha value is -0.763. The van der Waals surface area contributed by atoms with Crippen molar-refractivity contribution in [3.05, 3.63) is 29.3 Å². The van der Waals surface area contributed by atoms with Gasteiger partial charge in [0, 0.05) is 0 Å². The monoisotopic (exact) mass is 398 g/mol. The second kappa shape index (κ2) is 7.82. The van der Waals surface area contributed by atoms with Crippen molar-refractivity contribution in [2.75, 3.05) is 0 Å². The molecule has 0 spiro atoms. The standard InChI is InChI=1S/C26H42OSi/c1-5-28(6-2,7-3)17-15-20-9-13-25-24-11-8-19-18-21(27)10-12-22(19)23(24)14-16-26(20,25)4/h10,12,18,20,23-25,27H,5-9,11,13-17H2,1-4H3/t20-,23-,24-,25+,26-/m1/s1. The Labute approximate surface area is 174 Å². The number of benzene rings is 1. The molecular formula is C26H42OSi. The molecule has 3 aliphatic rings. The van der Waals surface area contributed by atoms with Gasteiger partial charge in [0.1, 0.15) is 5.75 Å². The first-order chi connectivity index (χ1) is 13.5. The van der Waals surface area contributed by atoms with Crippen LogP contribution in [-0.4, -0.2) is 13.2 Å². The second-order valence-electron chi connectivity index (χ2n) is 10.7. The van der Waals surface area contributed by atoms with Crippen LogP contribution in [-0.2, 0) is 6.42 Å².